The van der Waals surface area contributed by atoms with Crippen LogP contribution in [0.25, 0.3) is 0 Å². The molecule has 0 aliphatic carbocycles. The standard InChI is InChI=1S/C23H38N4O2/c1-3-24-23(27-14-9-20(17-27)19-29-16-15-28-2)25-11-6-12-26-13-10-21-7-4-5-8-22(21)18-26/h4-5,7-8,20H,3,6,9-19H2,1-2H3,(H,24,25). The number of hydrogen-bond acceptors (Lipinski definition) is 4. The smallest absolute Gasteiger partial charge is 0.193 e. The molecule has 0 spiro atoms. The van der Waals surface area contributed by atoms with Crippen molar-refractivity contribution in [3.05, 3.63) is 35.4 Å². The van der Waals surface area contributed by atoms with Crippen molar-refractivity contribution in [3.8, 4) is 0 Å². The Labute approximate surface area is 176 Å². The van der Waals surface area contributed by atoms with Crippen molar-refractivity contribution in [3.63, 3.8) is 0 Å². The summed E-state index contributed by atoms with van der Waals surface area (Å²) in [4.78, 5) is 9.87. The third-order valence-electron chi connectivity index (χ3n) is 5.81. The molecule has 162 valence electrons. The highest BCUT2D eigenvalue weighted by molar-refractivity contribution is 5.80. The lowest BCUT2D eigenvalue weighted by Crippen LogP contribution is -2.40. The molecule has 29 heavy (non-hydrogen) atoms. The van der Waals surface area contributed by atoms with Crippen LogP contribution in [0.5, 0.6) is 0 Å². The number of hydrogen-bond donors (Lipinski definition) is 1. The summed E-state index contributed by atoms with van der Waals surface area (Å²) in [6.45, 7) is 11.6. The van der Waals surface area contributed by atoms with Crippen molar-refractivity contribution in [2.45, 2.75) is 32.7 Å². The van der Waals surface area contributed by atoms with E-state index < -0.39 is 0 Å². The molecule has 0 bridgehead atoms. The van der Waals surface area contributed by atoms with Gasteiger partial charge >= 0.3 is 0 Å². The van der Waals surface area contributed by atoms with Crippen LogP contribution in [0.1, 0.15) is 30.9 Å². The van der Waals surface area contributed by atoms with Gasteiger partial charge in [-0.25, -0.2) is 0 Å². The van der Waals surface area contributed by atoms with Gasteiger partial charge in [0.05, 0.1) is 19.8 Å². The highest BCUT2D eigenvalue weighted by Crippen LogP contribution is 2.19. The molecule has 1 N–H and O–H groups in total. The molecule has 6 nitrogen and oxygen atoms in total. The van der Waals surface area contributed by atoms with E-state index >= 15 is 0 Å². The first-order valence-electron chi connectivity index (χ1n) is 11.2. The first-order valence-corrected chi connectivity index (χ1v) is 11.2. The molecule has 1 aromatic rings. The lowest BCUT2D eigenvalue weighted by atomic mass is 10.00. The SMILES string of the molecule is CCNC(=NCCCN1CCc2ccccc2C1)N1CCC(COCCOC)C1. The average molecular weight is 403 g/mol. The molecule has 3 rings (SSSR count). The normalized spacial score (nSPS) is 20.1. The summed E-state index contributed by atoms with van der Waals surface area (Å²) >= 11 is 0. The number of aliphatic imine (C=N–C) groups is 1. The Kier molecular flexibility index (Phi) is 9.25. The van der Waals surface area contributed by atoms with E-state index in [9.17, 15) is 0 Å². The molecule has 0 radical (unpaired) electrons. The number of nitrogens with one attached hydrogen (secondary N) is 1. The van der Waals surface area contributed by atoms with Gasteiger partial charge in [0.1, 0.15) is 0 Å². The van der Waals surface area contributed by atoms with Gasteiger partial charge in [0.25, 0.3) is 0 Å². The summed E-state index contributed by atoms with van der Waals surface area (Å²) in [5, 5.41) is 3.47. The molecule has 2 heterocycles. The minimum Gasteiger partial charge on any atom is -0.382 e. The zero-order valence-electron chi connectivity index (χ0n) is 18.2. The van der Waals surface area contributed by atoms with E-state index in [0.29, 0.717) is 19.1 Å². The highest BCUT2D eigenvalue weighted by atomic mass is 16.5. The van der Waals surface area contributed by atoms with Gasteiger partial charge in [-0.1, -0.05) is 24.3 Å². The second-order valence-electron chi connectivity index (χ2n) is 8.05. The van der Waals surface area contributed by atoms with Crippen LogP contribution >= 0.6 is 0 Å². The minimum absolute atomic E-state index is 0.587. The Morgan fingerprint density at radius 1 is 1.21 bits per heavy atom. The molecule has 1 fully saturated rings. The Balaban J connectivity index is 1.39. The maximum Gasteiger partial charge on any atom is 0.193 e. The molecule has 1 atom stereocenters. The van der Waals surface area contributed by atoms with E-state index in [2.05, 4.69) is 46.3 Å². The molecule has 1 saturated heterocycles. The van der Waals surface area contributed by atoms with Gasteiger partial charge in [-0.3, -0.25) is 9.89 Å². The Bertz CT molecular complexity index is 637. The number of methoxy groups -OCH3 is 1. The lowest BCUT2D eigenvalue weighted by molar-refractivity contribution is 0.0536. The summed E-state index contributed by atoms with van der Waals surface area (Å²) < 4.78 is 10.8. The van der Waals surface area contributed by atoms with Gasteiger partial charge in [0.2, 0.25) is 0 Å². The first-order chi connectivity index (χ1) is 14.3. The monoisotopic (exact) mass is 402 g/mol. The van der Waals surface area contributed by atoms with E-state index in [-0.39, 0.29) is 0 Å². The molecule has 2 aliphatic heterocycles. The van der Waals surface area contributed by atoms with Gasteiger partial charge in [0.15, 0.2) is 5.96 Å². The van der Waals surface area contributed by atoms with Crippen molar-refractivity contribution in [2.75, 3.05) is 66.2 Å². The van der Waals surface area contributed by atoms with Crippen LogP contribution in [-0.4, -0.2) is 82.0 Å². The summed E-state index contributed by atoms with van der Waals surface area (Å²) in [7, 11) is 1.71. The van der Waals surface area contributed by atoms with Gasteiger partial charge in [-0.05, 0) is 37.3 Å². The largest absolute Gasteiger partial charge is 0.382 e. The van der Waals surface area contributed by atoms with Crippen LogP contribution in [0.3, 0.4) is 0 Å². The topological polar surface area (TPSA) is 49.3 Å². The maximum atomic E-state index is 5.72. The fraction of sp³-hybridized carbons (Fsp3) is 0.696. The Morgan fingerprint density at radius 2 is 2.07 bits per heavy atom. The average Bonchev–Trinajstić information content (AvgIpc) is 3.22. The molecular formula is C23H38N4O2. The van der Waals surface area contributed by atoms with Crippen LogP contribution in [-0.2, 0) is 22.4 Å². The molecule has 0 aromatic heterocycles. The van der Waals surface area contributed by atoms with Gasteiger partial charge in [-0.15, -0.1) is 0 Å². The summed E-state index contributed by atoms with van der Waals surface area (Å²) in [5.74, 6) is 1.65. The summed E-state index contributed by atoms with van der Waals surface area (Å²) in [6, 6.07) is 8.85. The number of fused-ring (bicyclic) bond motifs is 1. The molecular weight excluding hydrogens is 364 g/mol. The Morgan fingerprint density at radius 3 is 2.90 bits per heavy atom. The second-order valence-corrected chi connectivity index (χ2v) is 8.05. The van der Waals surface area contributed by atoms with Gasteiger partial charge in [0, 0.05) is 58.8 Å². The number of nitrogens with zero attached hydrogens (tertiary/aromatic N) is 3. The fourth-order valence-corrected chi connectivity index (χ4v) is 4.20. The van der Waals surface area contributed by atoms with E-state index in [0.717, 1.165) is 64.8 Å². The van der Waals surface area contributed by atoms with Crippen LogP contribution in [0, 0.1) is 5.92 Å². The molecule has 1 aromatic carbocycles. The number of ether oxygens (including phenoxy) is 2. The third kappa shape index (κ3) is 6.98. The van der Waals surface area contributed by atoms with Crippen LogP contribution in [0.4, 0.5) is 0 Å². The van der Waals surface area contributed by atoms with Crippen molar-refractivity contribution < 1.29 is 9.47 Å². The number of benzene rings is 1. The molecule has 0 saturated carbocycles. The first kappa shape index (κ1) is 22.1. The predicted octanol–water partition coefficient (Wildman–Crippen LogP) is 2.39. The highest BCUT2D eigenvalue weighted by Gasteiger charge is 2.25. The fourth-order valence-electron chi connectivity index (χ4n) is 4.20. The zero-order chi connectivity index (χ0) is 20.3. The van der Waals surface area contributed by atoms with Gasteiger partial charge < -0.3 is 19.7 Å². The van der Waals surface area contributed by atoms with E-state index in [1.807, 2.05) is 0 Å². The minimum atomic E-state index is 0.587. The van der Waals surface area contributed by atoms with Gasteiger partial charge in [-0.2, -0.15) is 0 Å². The van der Waals surface area contributed by atoms with Crippen molar-refractivity contribution >= 4 is 5.96 Å². The van der Waals surface area contributed by atoms with E-state index in [1.54, 1.807) is 7.11 Å². The van der Waals surface area contributed by atoms with Crippen LogP contribution in [0.15, 0.2) is 29.3 Å². The van der Waals surface area contributed by atoms with E-state index in [4.69, 9.17) is 14.5 Å². The zero-order valence-corrected chi connectivity index (χ0v) is 18.2. The molecule has 0 amide bonds. The second kappa shape index (κ2) is 12.2. The Hall–Kier alpha value is -1.63. The lowest BCUT2D eigenvalue weighted by Gasteiger charge is -2.28. The summed E-state index contributed by atoms with van der Waals surface area (Å²) in [5.41, 5.74) is 3.01. The maximum absolute atomic E-state index is 5.72. The number of guanidine groups is 1. The van der Waals surface area contributed by atoms with Crippen molar-refractivity contribution in [1.29, 1.82) is 0 Å². The third-order valence-corrected chi connectivity index (χ3v) is 5.81. The molecule has 2 aliphatic rings. The quantitative estimate of drug-likeness (QED) is 0.370. The molecule has 6 heteroatoms. The van der Waals surface area contributed by atoms with Crippen molar-refractivity contribution in [1.82, 2.24) is 15.1 Å². The van der Waals surface area contributed by atoms with Crippen LogP contribution < -0.4 is 5.32 Å². The summed E-state index contributed by atoms with van der Waals surface area (Å²) in [6.07, 6.45) is 3.45. The number of likely N-dealkylation sites (tertiary alicyclic amines) is 1. The van der Waals surface area contributed by atoms with Crippen LogP contribution in [0.2, 0.25) is 0 Å². The van der Waals surface area contributed by atoms with E-state index in [1.165, 1.54) is 24.0 Å². The number of rotatable bonds is 10. The molecule has 1 unspecified atom stereocenters. The van der Waals surface area contributed by atoms with Crippen molar-refractivity contribution in [2.24, 2.45) is 10.9 Å². The predicted molar refractivity (Wildman–Crippen MR) is 118 cm³/mol.